The first-order valence-electron chi connectivity index (χ1n) is 7.86. The molecule has 0 saturated heterocycles. The Labute approximate surface area is 146 Å². The van der Waals surface area contributed by atoms with Crippen LogP contribution < -0.4 is 27.5 Å². The third-order valence-corrected chi connectivity index (χ3v) is 3.32. The highest BCUT2D eigenvalue weighted by Gasteiger charge is 2.18. The van der Waals surface area contributed by atoms with Gasteiger partial charge in [0.1, 0.15) is 11.7 Å². The van der Waals surface area contributed by atoms with Crippen LogP contribution in [0, 0.1) is 5.92 Å². The number of amidine groups is 1. The molecular formula is C17H26N5O3+. The number of hydrogen-bond donors (Lipinski definition) is 6. The van der Waals surface area contributed by atoms with E-state index in [9.17, 15) is 14.7 Å². The number of hydrogen-bond acceptors (Lipinski definition) is 4. The molecule has 0 aliphatic carbocycles. The van der Waals surface area contributed by atoms with E-state index in [1.807, 2.05) is 13.8 Å². The monoisotopic (exact) mass is 348 g/mol. The van der Waals surface area contributed by atoms with Gasteiger partial charge in [0, 0.05) is 11.8 Å². The minimum absolute atomic E-state index is 0.00521. The van der Waals surface area contributed by atoms with Crippen molar-refractivity contribution in [3.8, 4) is 0 Å². The summed E-state index contributed by atoms with van der Waals surface area (Å²) in [6.45, 7) is 5.44. The number of benzene rings is 1. The van der Waals surface area contributed by atoms with E-state index in [1.165, 1.54) is 19.1 Å². The molecule has 8 nitrogen and oxygen atoms in total. The average Bonchev–Trinajstić information content (AvgIpc) is 2.44. The number of nitrogens with one attached hydrogen (secondary N) is 2. The van der Waals surface area contributed by atoms with E-state index < -0.39 is 17.9 Å². The molecule has 0 aliphatic rings. The predicted molar refractivity (Wildman–Crippen MR) is 97.2 cm³/mol. The molecule has 8 heteroatoms. The van der Waals surface area contributed by atoms with Crippen molar-refractivity contribution < 1.29 is 19.7 Å². The number of rotatable bonds is 8. The zero-order chi connectivity index (χ0) is 19.1. The smallest absolute Gasteiger partial charge is 0.273 e. The second-order valence-corrected chi connectivity index (χ2v) is 6.22. The Balaban J connectivity index is 3.24. The van der Waals surface area contributed by atoms with Crippen molar-refractivity contribution in [1.29, 1.82) is 0 Å². The van der Waals surface area contributed by atoms with Gasteiger partial charge in [-0.2, -0.15) is 0 Å². The van der Waals surface area contributed by atoms with E-state index in [1.54, 1.807) is 12.1 Å². The van der Waals surface area contributed by atoms with Crippen molar-refractivity contribution in [3.63, 3.8) is 0 Å². The maximum absolute atomic E-state index is 11.6. The molecule has 25 heavy (non-hydrogen) atoms. The third kappa shape index (κ3) is 6.54. The highest BCUT2D eigenvalue weighted by molar-refractivity contribution is 5.98. The van der Waals surface area contributed by atoms with Crippen LogP contribution in [0.4, 0.5) is 11.4 Å². The molecule has 0 spiro atoms. The lowest BCUT2D eigenvalue weighted by molar-refractivity contribution is -0.354. The van der Waals surface area contributed by atoms with E-state index in [-0.39, 0.29) is 23.1 Å². The first-order valence-corrected chi connectivity index (χ1v) is 7.86. The third-order valence-electron chi connectivity index (χ3n) is 3.32. The van der Waals surface area contributed by atoms with Crippen LogP contribution in [-0.2, 0) is 4.79 Å². The Kier molecular flexibility index (Phi) is 6.98. The Morgan fingerprint density at radius 1 is 1.28 bits per heavy atom. The van der Waals surface area contributed by atoms with Crippen LogP contribution in [0.15, 0.2) is 30.0 Å². The van der Waals surface area contributed by atoms with Crippen LogP contribution in [0.5, 0.6) is 0 Å². The predicted octanol–water partition coefficient (Wildman–Crippen LogP) is -0.371. The summed E-state index contributed by atoms with van der Waals surface area (Å²) < 4.78 is 0. The van der Waals surface area contributed by atoms with Gasteiger partial charge in [-0.15, -0.1) is 0 Å². The topological polar surface area (TPSA) is 158 Å². The fourth-order valence-electron chi connectivity index (χ4n) is 2.29. The lowest BCUT2D eigenvalue weighted by Gasteiger charge is -2.19. The van der Waals surface area contributed by atoms with Gasteiger partial charge in [-0.25, -0.2) is 4.99 Å². The van der Waals surface area contributed by atoms with Crippen LogP contribution in [0.3, 0.4) is 0 Å². The number of anilines is 1. The summed E-state index contributed by atoms with van der Waals surface area (Å²) in [6.07, 6.45) is 1.87. The van der Waals surface area contributed by atoms with Gasteiger partial charge in [0.05, 0.1) is 17.4 Å². The molecular weight excluding hydrogens is 322 g/mol. The average molecular weight is 348 g/mol. The second kappa shape index (κ2) is 8.72. The molecule has 1 atom stereocenters. The van der Waals surface area contributed by atoms with Crippen LogP contribution >= 0.6 is 0 Å². The van der Waals surface area contributed by atoms with Crippen molar-refractivity contribution in [1.82, 2.24) is 0 Å². The minimum Gasteiger partial charge on any atom is -0.512 e. The summed E-state index contributed by atoms with van der Waals surface area (Å²) in [7, 11) is 0. The van der Waals surface area contributed by atoms with Gasteiger partial charge in [0.2, 0.25) is 5.91 Å². The maximum atomic E-state index is 11.6. The van der Waals surface area contributed by atoms with Crippen molar-refractivity contribution in [2.75, 3.05) is 5.32 Å². The van der Waals surface area contributed by atoms with Gasteiger partial charge in [-0.05, 0) is 31.4 Å². The first-order chi connectivity index (χ1) is 11.6. The van der Waals surface area contributed by atoms with E-state index in [0.29, 0.717) is 17.8 Å². The maximum Gasteiger partial charge on any atom is 0.273 e. The fraction of sp³-hybridized carbons (Fsp3) is 0.353. The molecule has 1 rings (SSSR count). The summed E-state index contributed by atoms with van der Waals surface area (Å²) in [5, 5.41) is 12.3. The van der Waals surface area contributed by atoms with Crippen molar-refractivity contribution in [3.05, 3.63) is 35.6 Å². The lowest BCUT2D eigenvalue weighted by Crippen LogP contribution is -2.69. The molecule has 0 bridgehead atoms. The normalized spacial score (nSPS) is 13.6. The summed E-state index contributed by atoms with van der Waals surface area (Å²) in [6, 6.07) is 4.20. The van der Waals surface area contributed by atoms with Crippen LogP contribution in [0.25, 0.3) is 0 Å². The molecule has 0 aliphatic heterocycles. The van der Waals surface area contributed by atoms with Gasteiger partial charge in [0.15, 0.2) is 0 Å². The number of carbonyl (C=O) groups excluding carboxylic acids is 2. The molecule has 2 amide bonds. The van der Waals surface area contributed by atoms with Crippen molar-refractivity contribution in [2.45, 2.75) is 33.2 Å². The van der Waals surface area contributed by atoms with E-state index in [0.717, 1.165) is 0 Å². The van der Waals surface area contributed by atoms with E-state index >= 15 is 0 Å². The summed E-state index contributed by atoms with van der Waals surface area (Å²) in [5.41, 5.74) is 17.7. The number of aliphatic hydroxyl groups is 1. The number of carbonyl (C=O) groups is 2. The summed E-state index contributed by atoms with van der Waals surface area (Å²) >= 11 is 0. The Hall–Kier alpha value is -3.03. The van der Waals surface area contributed by atoms with Gasteiger partial charge in [0.25, 0.3) is 11.7 Å². The highest BCUT2D eigenvalue weighted by atomic mass is 16.3. The minimum atomic E-state index is -0.639. The zero-order valence-electron chi connectivity index (χ0n) is 14.7. The van der Waals surface area contributed by atoms with Gasteiger partial charge >= 0.3 is 0 Å². The molecule has 136 valence electrons. The molecule has 1 unspecified atom stereocenters. The molecule has 1 aromatic carbocycles. The van der Waals surface area contributed by atoms with Gasteiger partial charge in [-0.3, -0.25) is 15.3 Å². The van der Waals surface area contributed by atoms with Crippen LogP contribution in [0.2, 0.25) is 0 Å². The molecule has 0 aromatic heterocycles. The van der Waals surface area contributed by atoms with Gasteiger partial charge in [-0.1, -0.05) is 13.8 Å². The van der Waals surface area contributed by atoms with Gasteiger partial charge < -0.3 is 21.9 Å². The molecule has 0 heterocycles. The van der Waals surface area contributed by atoms with Crippen LogP contribution in [0.1, 0.15) is 37.6 Å². The van der Waals surface area contributed by atoms with E-state index in [4.69, 9.17) is 17.2 Å². The molecule has 9 N–H and O–H groups in total. The summed E-state index contributed by atoms with van der Waals surface area (Å²) in [4.78, 5) is 26.0. The Morgan fingerprint density at radius 3 is 2.40 bits per heavy atom. The largest absolute Gasteiger partial charge is 0.512 e. The summed E-state index contributed by atoms with van der Waals surface area (Å²) in [5.74, 6) is -0.694. The Bertz CT molecular complexity index is 706. The SMILES string of the molecule is C/C(O)=C/C(N)=[NH+]c1cc(NC(CC(C)C)C(N)=O)ccc1C(N)=O. The number of allylic oxidation sites excluding steroid dienone is 1. The molecule has 0 fully saturated rings. The lowest BCUT2D eigenvalue weighted by atomic mass is 10.0. The highest BCUT2D eigenvalue weighted by Crippen LogP contribution is 2.19. The van der Waals surface area contributed by atoms with Crippen molar-refractivity contribution >= 4 is 29.0 Å². The second-order valence-electron chi connectivity index (χ2n) is 6.22. The molecule has 1 aromatic rings. The van der Waals surface area contributed by atoms with Crippen LogP contribution in [-0.4, -0.2) is 28.8 Å². The Morgan fingerprint density at radius 2 is 1.92 bits per heavy atom. The first kappa shape index (κ1) is 20.0. The number of nitrogens with two attached hydrogens (primary N) is 3. The number of amides is 2. The fourth-order valence-corrected chi connectivity index (χ4v) is 2.29. The number of primary amides is 2. The van der Waals surface area contributed by atoms with E-state index in [2.05, 4.69) is 10.3 Å². The quantitative estimate of drug-likeness (QED) is 0.214. The molecule has 0 saturated carbocycles. The molecule has 0 radical (unpaired) electrons. The zero-order valence-corrected chi connectivity index (χ0v) is 14.7. The van der Waals surface area contributed by atoms with Crippen molar-refractivity contribution in [2.24, 2.45) is 23.1 Å². The number of aliphatic hydroxyl groups excluding tert-OH is 1. The standard InChI is InChI=1S/C17H25N5O3/c1-9(2)6-14(17(20)25)21-11-4-5-12(16(19)24)13(8-11)22-15(18)7-10(3)23/h4-5,7-9,14,21,23H,6H2,1-3H3,(H2,18,22)(H2,19,24)(H2,20,25)/p+1/b10-7-.